The smallest absolute Gasteiger partial charge is 0.180 e. The molecular formula is C13H14O5. The Hall–Kier alpha value is -1.43. The summed E-state index contributed by atoms with van der Waals surface area (Å²) in [6, 6.07) is 3.56. The number of hydrogen-bond acceptors (Lipinski definition) is 5. The normalized spacial score (nSPS) is 20.2. The molecule has 2 aliphatic heterocycles. The Morgan fingerprint density at radius 3 is 2.50 bits per heavy atom. The third-order valence-electron chi connectivity index (χ3n) is 3.65. The fourth-order valence-electron chi connectivity index (χ4n) is 2.36. The number of carbonyl (C=O) groups excluding carboxylic acids is 1. The van der Waals surface area contributed by atoms with Crippen LogP contribution in [0.3, 0.4) is 0 Å². The van der Waals surface area contributed by atoms with E-state index in [1.165, 1.54) is 0 Å². The summed E-state index contributed by atoms with van der Waals surface area (Å²) >= 11 is 0. The lowest BCUT2D eigenvalue weighted by Crippen LogP contribution is -2.46. The summed E-state index contributed by atoms with van der Waals surface area (Å²) < 4.78 is 10.8. The molecule has 0 spiro atoms. The fourth-order valence-corrected chi connectivity index (χ4v) is 2.36. The molecule has 2 N–H and O–H groups in total. The van der Waals surface area contributed by atoms with E-state index in [1.807, 2.05) is 6.07 Å². The van der Waals surface area contributed by atoms with E-state index >= 15 is 0 Å². The molecule has 5 heteroatoms. The maximum Gasteiger partial charge on any atom is 0.180 e. The van der Waals surface area contributed by atoms with E-state index < -0.39 is 18.6 Å². The topological polar surface area (TPSA) is 76.0 Å². The number of benzene rings is 1. The molecule has 0 aliphatic carbocycles. The quantitative estimate of drug-likeness (QED) is 0.787. The average molecular weight is 250 g/mol. The van der Waals surface area contributed by atoms with Crippen LogP contribution in [-0.4, -0.2) is 35.8 Å². The molecule has 0 amide bonds. The first-order valence-corrected chi connectivity index (χ1v) is 5.83. The second-order valence-corrected chi connectivity index (χ2v) is 4.82. The molecule has 0 radical (unpaired) electrons. The van der Waals surface area contributed by atoms with Crippen molar-refractivity contribution in [1.82, 2.24) is 0 Å². The fraction of sp³-hybridized carbons (Fsp3) is 0.462. The molecule has 0 unspecified atom stereocenters. The highest BCUT2D eigenvalue weighted by molar-refractivity contribution is 6.04. The lowest BCUT2D eigenvalue weighted by atomic mass is 9.80. The molecule has 0 saturated heterocycles. The molecule has 0 atom stereocenters. The van der Waals surface area contributed by atoms with Crippen LogP contribution in [0.2, 0.25) is 0 Å². The molecule has 2 heterocycles. The first kappa shape index (κ1) is 11.6. The molecule has 18 heavy (non-hydrogen) atoms. The summed E-state index contributed by atoms with van der Waals surface area (Å²) in [4.78, 5) is 12.4. The van der Waals surface area contributed by atoms with Crippen LogP contribution >= 0.6 is 0 Å². The Balaban J connectivity index is 2.08. The van der Waals surface area contributed by atoms with Gasteiger partial charge in [-0.1, -0.05) is 0 Å². The highest BCUT2D eigenvalue weighted by atomic mass is 16.5. The van der Waals surface area contributed by atoms with Crippen molar-refractivity contribution in [1.29, 1.82) is 0 Å². The largest absolute Gasteiger partial charge is 0.492 e. The van der Waals surface area contributed by atoms with Crippen molar-refractivity contribution in [3.63, 3.8) is 0 Å². The first-order chi connectivity index (χ1) is 8.70. The third kappa shape index (κ3) is 1.48. The lowest BCUT2D eigenvalue weighted by Gasteiger charge is -2.33. The van der Waals surface area contributed by atoms with Gasteiger partial charge in [-0.15, -0.1) is 0 Å². The Labute approximate surface area is 104 Å². The minimum atomic E-state index is -1.22. The summed E-state index contributed by atoms with van der Waals surface area (Å²) in [5, 5.41) is 18.7. The average Bonchev–Trinajstić information content (AvgIpc) is 2.85. The number of Topliss-reactive ketones (excluding diaryl/α,β-unsaturated/α-hetero) is 1. The second-order valence-electron chi connectivity index (χ2n) is 4.82. The number of fused-ring (bicyclic) bond motifs is 2. The first-order valence-electron chi connectivity index (χ1n) is 5.83. The van der Waals surface area contributed by atoms with Gasteiger partial charge >= 0.3 is 0 Å². The molecule has 1 aromatic carbocycles. The van der Waals surface area contributed by atoms with Crippen molar-refractivity contribution in [2.24, 2.45) is 5.41 Å². The number of aliphatic hydroxyl groups is 2. The highest BCUT2D eigenvalue weighted by Gasteiger charge is 2.44. The minimum Gasteiger partial charge on any atom is -0.492 e. The van der Waals surface area contributed by atoms with E-state index in [0.717, 1.165) is 11.1 Å². The zero-order valence-electron chi connectivity index (χ0n) is 9.81. The maximum atomic E-state index is 12.4. The van der Waals surface area contributed by atoms with Crippen molar-refractivity contribution in [2.75, 3.05) is 19.8 Å². The van der Waals surface area contributed by atoms with Crippen molar-refractivity contribution in [3.05, 3.63) is 28.8 Å². The zero-order valence-corrected chi connectivity index (χ0v) is 9.81. The van der Waals surface area contributed by atoms with Gasteiger partial charge in [0.25, 0.3) is 0 Å². The summed E-state index contributed by atoms with van der Waals surface area (Å²) in [5.41, 5.74) is 1.20. The van der Waals surface area contributed by atoms with Gasteiger partial charge in [0, 0.05) is 0 Å². The van der Waals surface area contributed by atoms with Gasteiger partial charge in [-0.2, -0.15) is 0 Å². The highest BCUT2D eigenvalue weighted by Crippen LogP contribution is 2.37. The summed E-state index contributed by atoms with van der Waals surface area (Å²) in [6.45, 7) is 0.183. The van der Waals surface area contributed by atoms with E-state index in [1.54, 1.807) is 6.07 Å². The molecule has 0 fully saturated rings. The predicted molar refractivity (Wildman–Crippen MR) is 61.4 cm³/mol. The second kappa shape index (κ2) is 4.05. The van der Waals surface area contributed by atoms with Gasteiger partial charge in [0.1, 0.15) is 17.8 Å². The molecule has 0 aromatic heterocycles. The van der Waals surface area contributed by atoms with Gasteiger partial charge in [-0.3, -0.25) is 4.79 Å². The van der Waals surface area contributed by atoms with E-state index in [-0.39, 0.29) is 12.4 Å². The molecule has 2 aliphatic rings. The Kier molecular flexibility index (Phi) is 2.62. The van der Waals surface area contributed by atoms with Crippen LogP contribution in [0.5, 0.6) is 5.75 Å². The molecule has 0 saturated carbocycles. The third-order valence-corrected chi connectivity index (χ3v) is 3.65. The Morgan fingerprint density at radius 2 is 1.83 bits per heavy atom. The summed E-state index contributed by atoms with van der Waals surface area (Å²) in [7, 11) is 0. The monoisotopic (exact) mass is 250 g/mol. The minimum absolute atomic E-state index is 0.00543. The van der Waals surface area contributed by atoms with Crippen LogP contribution in [0, 0.1) is 5.41 Å². The van der Waals surface area contributed by atoms with Crippen LogP contribution < -0.4 is 4.74 Å². The summed E-state index contributed by atoms with van der Waals surface area (Å²) in [6.07, 6.45) is 0. The Morgan fingerprint density at radius 1 is 1.17 bits per heavy atom. The lowest BCUT2D eigenvalue weighted by molar-refractivity contribution is 0.0112. The van der Waals surface area contributed by atoms with Crippen molar-refractivity contribution < 1.29 is 24.5 Å². The van der Waals surface area contributed by atoms with Crippen LogP contribution in [-0.2, 0) is 18.0 Å². The maximum absolute atomic E-state index is 12.4. The Bertz CT molecular complexity index is 504. The molecule has 0 bridgehead atoms. The summed E-state index contributed by atoms with van der Waals surface area (Å²) in [5.74, 6) is 0.255. The van der Waals surface area contributed by atoms with E-state index in [4.69, 9.17) is 9.47 Å². The van der Waals surface area contributed by atoms with Gasteiger partial charge in [-0.05, 0) is 23.3 Å². The number of ether oxygens (including phenoxy) is 2. The van der Waals surface area contributed by atoms with Crippen LogP contribution in [0.25, 0.3) is 0 Å². The van der Waals surface area contributed by atoms with Crippen molar-refractivity contribution in [2.45, 2.75) is 13.2 Å². The zero-order chi connectivity index (χ0) is 12.8. The molecular weight excluding hydrogens is 236 g/mol. The van der Waals surface area contributed by atoms with Gasteiger partial charge in [-0.25, -0.2) is 0 Å². The van der Waals surface area contributed by atoms with Crippen LogP contribution in [0.4, 0.5) is 0 Å². The van der Waals surface area contributed by atoms with Crippen molar-refractivity contribution >= 4 is 5.78 Å². The van der Waals surface area contributed by atoms with Crippen LogP contribution in [0.1, 0.15) is 21.5 Å². The number of ketones is 1. The van der Waals surface area contributed by atoms with Crippen LogP contribution in [0.15, 0.2) is 12.1 Å². The number of hydrogen-bond donors (Lipinski definition) is 2. The molecule has 96 valence electrons. The number of rotatable bonds is 2. The van der Waals surface area contributed by atoms with Gasteiger partial charge in [0.2, 0.25) is 0 Å². The van der Waals surface area contributed by atoms with Crippen molar-refractivity contribution in [3.8, 4) is 5.75 Å². The van der Waals surface area contributed by atoms with E-state index in [9.17, 15) is 15.0 Å². The predicted octanol–water partition coefficient (Wildman–Crippen LogP) is 0.263. The van der Waals surface area contributed by atoms with Gasteiger partial charge in [0.05, 0.1) is 32.0 Å². The number of aliphatic hydroxyl groups excluding tert-OH is 2. The van der Waals surface area contributed by atoms with Gasteiger partial charge < -0.3 is 19.7 Å². The SMILES string of the molecule is O=C1c2cc3c(cc2OCC1(CO)CO)COC3. The van der Waals surface area contributed by atoms with Gasteiger partial charge in [0.15, 0.2) is 5.78 Å². The molecule has 3 rings (SSSR count). The van der Waals surface area contributed by atoms with E-state index in [0.29, 0.717) is 24.5 Å². The number of carbonyl (C=O) groups is 1. The standard InChI is InChI=1S/C13H14O5/c14-5-13(6-15)7-18-11-2-9-4-17-3-8(9)1-10(11)12(13)16/h1-2,14-15H,3-7H2. The molecule has 5 nitrogen and oxygen atoms in total. The van der Waals surface area contributed by atoms with E-state index in [2.05, 4.69) is 0 Å². The molecule has 1 aromatic rings.